The molecule has 0 atom stereocenters. The first-order valence-electron chi connectivity index (χ1n) is 7.60. The highest BCUT2D eigenvalue weighted by molar-refractivity contribution is 6.42. The van der Waals surface area contributed by atoms with Crippen LogP contribution in [0.2, 0.25) is 10.0 Å². The van der Waals surface area contributed by atoms with Gasteiger partial charge in [0.25, 0.3) is 5.91 Å². The van der Waals surface area contributed by atoms with E-state index in [2.05, 4.69) is 0 Å². The number of amides is 2. The standard InChI is InChI=1S/C18H16Cl2N2O2/c19-15-8-5-13(9-16(15)20)18(24)22(14-6-7-14)10-11-1-3-12(4-2-11)17(21)23/h1-5,8-9,14H,6-7,10H2,(H2,21,23). The van der Waals surface area contributed by atoms with Crippen LogP contribution in [0, 0.1) is 0 Å². The molecular formula is C18H16Cl2N2O2. The van der Waals surface area contributed by atoms with Crippen LogP contribution in [0.1, 0.15) is 39.1 Å². The molecule has 2 aromatic carbocycles. The van der Waals surface area contributed by atoms with Gasteiger partial charge >= 0.3 is 0 Å². The molecule has 6 heteroatoms. The fourth-order valence-corrected chi connectivity index (χ4v) is 2.82. The number of benzene rings is 2. The summed E-state index contributed by atoms with van der Waals surface area (Å²) in [6, 6.07) is 12.1. The van der Waals surface area contributed by atoms with E-state index in [1.165, 1.54) is 0 Å². The van der Waals surface area contributed by atoms with Gasteiger partial charge in [-0.25, -0.2) is 0 Å². The minimum atomic E-state index is -0.465. The van der Waals surface area contributed by atoms with Crippen LogP contribution < -0.4 is 5.73 Å². The summed E-state index contributed by atoms with van der Waals surface area (Å²) in [5.74, 6) is -0.539. The monoisotopic (exact) mass is 362 g/mol. The summed E-state index contributed by atoms with van der Waals surface area (Å²) >= 11 is 11.9. The average molecular weight is 363 g/mol. The molecule has 0 spiro atoms. The molecule has 1 aliphatic carbocycles. The lowest BCUT2D eigenvalue weighted by Crippen LogP contribution is -2.32. The highest BCUT2D eigenvalue weighted by Crippen LogP contribution is 2.31. The molecule has 0 aliphatic heterocycles. The van der Waals surface area contributed by atoms with Crippen LogP contribution in [0.5, 0.6) is 0 Å². The lowest BCUT2D eigenvalue weighted by atomic mass is 10.1. The number of hydrogen-bond acceptors (Lipinski definition) is 2. The molecule has 0 unspecified atom stereocenters. The van der Waals surface area contributed by atoms with Crippen LogP contribution >= 0.6 is 23.2 Å². The first-order valence-corrected chi connectivity index (χ1v) is 8.36. The number of rotatable bonds is 5. The van der Waals surface area contributed by atoms with Crippen molar-refractivity contribution in [2.24, 2.45) is 5.73 Å². The van der Waals surface area contributed by atoms with Crippen LogP contribution in [0.4, 0.5) is 0 Å². The zero-order chi connectivity index (χ0) is 17.3. The van der Waals surface area contributed by atoms with Gasteiger partial charge in [-0.2, -0.15) is 0 Å². The van der Waals surface area contributed by atoms with Crippen LogP contribution in [-0.2, 0) is 6.54 Å². The number of halogens is 2. The Morgan fingerprint density at radius 2 is 1.62 bits per heavy atom. The molecule has 0 saturated heterocycles. The van der Waals surface area contributed by atoms with Crippen molar-refractivity contribution in [3.8, 4) is 0 Å². The van der Waals surface area contributed by atoms with Gasteiger partial charge in [0, 0.05) is 23.7 Å². The molecule has 2 aromatic rings. The van der Waals surface area contributed by atoms with Gasteiger partial charge in [-0.1, -0.05) is 35.3 Å². The Bertz CT molecular complexity index is 786. The topological polar surface area (TPSA) is 63.4 Å². The minimum Gasteiger partial charge on any atom is -0.366 e. The molecular weight excluding hydrogens is 347 g/mol. The van der Waals surface area contributed by atoms with Gasteiger partial charge in [0.15, 0.2) is 0 Å². The molecule has 0 radical (unpaired) electrons. The van der Waals surface area contributed by atoms with Crippen LogP contribution in [0.15, 0.2) is 42.5 Å². The van der Waals surface area contributed by atoms with Gasteiger partial charge in [-0.05, 0) is 48.7 Å². The Labute approximate surface area is 150 Å². The number of hydrogen-bond donors (Lipinski definition) is 1. The van der Waals surface area contributed by atoms with Crippen LogP contribution in [0.3, 0.4) is 0 Å². The third-order valence-electron chi connectivity index (χ3n) is 4.01. The van der Waals surface area contributed by atoms with Crippen molar-refractivity contribution in [1.82, 2.24) is 4.90 Å². The Kier molecular flexibility index (Phi) is 4.78. The lowest BCUT2D eigenvalue weighted by molar-refractivity contribution is 0.0729. The molecule has 3 rings (SSSR count). The first-order chi connectivity index (χ1) is 11.5. The van der Waals surface area contributed by atoms with E-state index in [0.29, 0.717) is 27.7 Å². The summed E-state index contributed by atoms with van der Waals surface area (Å²) in [5, 5.41) is 0.789. The van der Waals surface area contributed by atoms with E-state index in [0.717, 1.165) is 18.4 Å². The molecule has 0 bridgehead atoms. The van der Waals surface area contributed by atoms with E-state index in [1.54, 1.807) is 30.3 Å². The van der Waals surface area contributed by atoms with Crippen LogP contribution in [0.25, 0.3) is 0 Å². The Morgan fingerprint density at radius 3 is 2.17 bits per heavy atom. The Balaban J connectivity index is 1.80. The summed E-state index contributed by atoms with van der Waals surface area (Å²) in [5.41, 5.74) is 7.16. The zero-order valence-electron chi connectivity index (χ0n) is 12.8. The summed E-state index contributed by atoms with van der Waals surface area (Å²) < 4.78 is 0. The molecule has 1 aliphatic rings. The zero-order valence-corrected chi connectivity index (χ0v) is 14.3. The van der Waals surface area contributed by atoms with Gasteiger partial charge in [0.05, 0.1) is 10.0 Å². The fourth-order valence-electron chi connectivity index (χ4n) is 2.52. The van der Waals surface area contributed by atoms with E-state index in [1.807, 2.05) is 17.0 Å². The third kappa shape index (κ3) is 3.71. The second kappa shape index (κ2) is 6.83. The lowest BCUT2D eigenvalue weighted by Gasteiger charge is -2.23. The molecule has 1 saturated carbocycles. The SMILES string of the molecule is NC(=O)c1ccc(CN(C(=O)c2ccc(Cl)c(Cl)c2)C2CC2)cc1. The number of carbonyl (C=O) groups is 2. The summed E-state index contributed by atoms with van der Waals surface area (Å²) in [7, 11) is 0. The van der Waals surface area contributed by atoms with Crippen molar-refractivity contribution in [3.63, 3.8) is 0 Å². The molecule has 2 N–H and O–H groups in total. The van der Waals surface area contributed by atoms with E-state index in [4.69, 9.17) is 28.9 Å². The van der Waals surface area contributed by atoms with Crippen molar-refractivity contribution in [2.45, 2.75) is 25.4 Å². The predicted molar refractivity (Wildman–Crippen MR) is 94.3 cm³/mol. The second-order valence-corrected chi connectivity index (χ2v) is 6.67. The van der Waals surface area contributed by atoms with Crippen molar-refractivity contribution in [2.75, 3.05) is 0 Å². The van der Waals surface area contributed by atoms with Crippen molar-refractivity contribution < 1.29 is 9.59 Å². The van der Waals surface area contributed by atoms with Gasteiger partial charge < -0.3 is 10.6 Å². The number of nitrogens with zero attached hydrogens (tertiary/aromatic N) is 1. The Morgan fingerprint density at radius 1 is 1.00 bits per heavy atom. The van der Waals surface area contributed by atoms with Crippen molar-refractivity contribution in [3.05, 3.63) is 69.2 Å². The largest absolute Gasteiger partial charge is 0.366 e. The van der Waals surface area contributed by atoms with Crippen molar-refractivity contribution >= 4 is 35.0 Å². The molecule has 0 heterocycles. The molecule has 4 nitrogen and oxygen atoms in total. The normalized spacial score (nSPS) is 13.6. The maximum Gasteiger partial charge on any atom is 0.254 e. The third-order valence-corrected chi connectivity index (χ3v) is 4.75. The number of nitrogens with two attached hydrogens (primary N) is 1. The minimum absolute atomic E-state index is 0.0740. The highest BCUT2D eigenvalue weighted by atomic mass is 35.5. The smallest absolute Gasteiger partial charge is 0.254 e. The van der Waals surface area contributed by atoms with E-state index in [9.17, 15) is 9.59 Å². The van der Waals surface area contributed by atoms with Gasteiger partial charge in [-0.3, -0.25) is 9.59 Å². The number of primary amides is 1. The Hall–Kier alpha value is -2.04. The molecule has 1 fully saturated rings. The van der Waals surface area contributed by atoms with E-state index >= 15 is 0 Å². The predicted octanol–water partition coefficient (Wildman–Crippen LogP) is 3.90. The van der Waals surface area contributed by atoms with E-state index < -0.39 is 5.91 Å². The molecule has 2 amide bonds. The van der Waals surface area contributed by atoms with Crippen molar-refractivity contribution in [1.29, 1.82) is 0 Å². The quantitative estimate of drug-likeness (QED) is 0.876. The summed E-state index contributed by atoms with van der Waals surface area (Å²) in [6.45, 7) is 0.475. The van der Waals surface area contributed by atoms with Gasteiger partial charge in [0.1, 0.15) is 0 Å². The summed E-state index contributed by atoms with van der Waals surface area (Å²) in [6.07, 6.45) is 1.98. The molecule has 0 aromatic heterocycles. The maximum atomic E-state index is 12.8. The van der Waals surface area contributed by atoms with E-state index in [-0.39, 0.29) is 11.9 Å². The number of carbonyl (C=O) groups excluding carboxylic acids is 2. The van der Waals surface area contributed by atoms with Gasteiger partial charge in [-0.15, -0.1) is 0 Å². The first kappa shape index (κ1) is 16.8. The molecule has 124 valence electrons. The maximum absolute atomic E-state index is 12.8. The summed E-state index contributed by atoms with van der Waals surface area (Å²) in [4.78, 5) is 25.8. The molecule has 24 heavy (non-hydrogen) atoms. The second-order valence-electron chi connectivity index (χ2n) is 5.85. The van der Waals surface area contributed by atoms with Gasteiger partial charge in [0.2, 0.25) is 5.91 Å². The fraction of sp³-hybridized carbons (Fsp3) is 0.222. The van der Waals surface area contributed by atoms with Crippen LogP contribution in [-0.4, -0.2) is 22.8 Å². The highest BCUT2D eigenvalue weighted by Gasteiger charge is 2.33. The average Bonchev–Trinajstić information content (AvgIpc) is 3.40.